The molecule has 15 heteroatoms. The zero-order chi connectivity index (χ0) is 43.4. The molecule has 6 aliphatic heterocycles. The number of nitrogens with two attached hydrogens (primary N) is 1. The van der Waals surface area contributed by atoms with E-state index in [4.69, 9.17) is 61.7 Å². The number of benzene rings is 3. The van der Waals surface area contributed by atoms with Crippen molar-refractivity contribution in [1.29, 1.82) is 0 Å². The molecule has 6 saturated heterocycles. The SMILES string of the molecule is CC1(C)[C@H](CC(=O)c2cc3cccc(Cl)c3s2)C2CCN1CC2.CC1(C)[C@H](N)C2CCN1CC2.Cl.Clc1cccc2ccsc12.O=C(Cl)c1cc2cccc(Cl)c2s1.O=C=O. The molecule has 326 valence electrons. The highest BCUT2D eigenvalue weighted by Gasteiger charge is 2.48. The number of hydrogen-bond acceptors (Lipinski definition) is 10. The van der Waals surface area contributed by atoms with Gasteiger partial charge >= 0.3 is 6.15 Å². The molecule has 6 aliphatic rings. The molecule has 6 fully saturated rings. The van der Waals surface area contributed by atoms with Crippen molar-refractivity contribution in [2.45, 2.75) is 76.9 Å². The van der Waals surface area contributed by atoms with E-state index < -0.39 is 5.24 Å². The fourth-order valence-corrected chi connectivity index (χ4v) is 13.1. The standard InChI is InChI=1S/C19H22ClNOS.C9H4Cl2OS.C9H18N2.C8H5ClS.CO2.ClH/c1-19(2)14(12-6-8-21(19)9-7-12)11-16(22)17-10-13-4-3-5-15(20)18(13)23-17;10-6-3-1-2-5-4-7(9(11)12)13-8(5)6;1-9(2)8(10)7-3-5-11(9)6-4-7;9-7-3-1-2-6-4-5-10-8(6)7;2-1-3;/h3-5,10,12,14H,6-9,11H2,1-2H3;1-4H;7-8H,3-6,10H2,1-2H3;1-5H;;1H/t14-;;8-;;;/m1.1.../s1. The van der Waals surface area contributed by atoms with Crippen LogP contribution in [0.5, 0.6) is 0 Å². The molecule has 0 radical (unpaired) electrons. The molecule has 4 bridgehead atoms. The lowest BCUT2D eigenvalue weighted by atomic mass is 9.65. The largest absolute Gasteiger partial charge is 0.373 e. The van der Waals surface area contributed by atoms with Gasteiger partial charge in [-0.1, -0.05) is 71.2 Å². The van der Waals surface area contributed by atoms with Gasteiger partial charge in [-0.3, -0.25) is 19.4 Å². The van der Waals surface area contributed by atoms with Crippen LogP contribution in [0.2, 0.25) is 15.1 Å². The first-order valence-corrected chi connectivity index (χ1v) is 24.0. The van der Waals surface area contributed by atoms with Crippen LogP contribution < -0.4 is 5.73 Å². The molecule has 3 aromatic carbocycles. The molecule has 12 rings (SSSR count). The van der Waals surface area contributed by atoms with Crippen LogP contribution in [0, 0.1) is 17.8 Å². The number of hydrogen-bond donors (Lipinski definition) is 1. The molecule has 7 nitrogen and oxygen atoms in total. The van der Waals surface area contributed by atoms with Crippen molar-refractivity contribution in [2.75, 3.05) is 26.2 Å². The Morgan fingerprint density at radius 3 is 1.56 bits per heavy atom. The second-order valence-electron chi connectivity index (χ2n) is 16.7. The Morgan fingerprint density at radius 1 is 0.689 bits per heavy atom. The summed E-state index contributed by atoms with van der Waals surface area (Å²) in [5, 5.41) is 7.15. The summed E-state index contributed by atoms with van der Waals surface area (Å²) < 4.78 is 3.13. The van der Waals surface area contributed by atoms with Crippen molar-refractivity contribution < 1.29 is 19.2 Å². The number of halogens is 5. The fraction of sp³-hybridized carbons (Fsp3) is 0.413. The quantitative estimate of drug-likeness (QED) is 0.139. The van der Waals surface area contributed by atoms with E-state index in [9.17, 15) is 9.59 Å². The van der Waals surface area contributed by atoms with Crippen molar-refractivity contribution >= 4 is 140 Å². The number of thiophene rings is 3. The summed E-state index contributed by atoms with van der Waals surface area (Å²) in [4.78, 5) is 46.5. The first kappa shape index (κ1) is 49.6. The van der Waals surface area contributed by atoms with Crippen molar-refractivity contribution in [3.05, 3.63) is 103 Å². The lowest BCUT2D eigenvalue weighted by Crippen LogP contribution is -2.67. The van der Waals surface area contributed by atoms with Gasteiger partial charge < -0.3 is 5.73 Å². The Labute approximate surface area is 395 Å². The highest BCUT2D eigenvalue weighted by molar-refractivity contribution is 7.23. The molecular formula is C46H50Cl5N3O4S3. The van der Waals surface area contributed by atoms with Crippen molar-refractivity contribution in [1.82, 2.24) is 9.80 Å². The van der Waals surface area contributed by atoms with Crippen LogP contribution in [0.25, 0.3) is 30.3 Å². The number of rotatable bonds is 4. The third-order valence-electron chi connectivity index (χ3n) is 12.8. The molecule has 0 aliphatic carbocycles. The van der Waals surface area contributed by atoms with Gasteiger partial charge in [0.25, 0.3) is 5.24 Å². The predicted octanol–water partition coefficient (Wildman–Crippen LogP) is 13.4. The van der Waals surface area contributed by atoms with Crippen molar-refractivity contribution in [3.8, 4) is 0 Å². The molecular weight excluding hydrogens is 932 g/mol. The lowest BCUT2D eigenvalue weighted by Gasteiger charge is -2.56. The summed E-state index contributed by atoms with van der Waals surface area (Å²) in [6.45, 7) is 14.1. The number of Topliss-reactive ketones (excluding diaryl/α,β-unsaturated/α-hetero) is 1. The highest BCUT2D eigenvalue weighted by Crippen LogP contribution is 2.46. The minimum absolute atomic E-state index is 0. The number of piperidine rings is 6. The third kappa shape index (κ3) is 11.3. The highest BCUT2D eigenvalue weighted by atomic mass is 35.5. The molecule has 0 amide bonds. The minimum Gasteiger partial charge on any atom is -0.326 e. The topological polar surface area (TPSA) is 101 Å². The van der Waals surface area contributed by atoms with E-state index >= 15 is 0 Å². The first-order valence-electron chi connectivity index (χ1n) is 20.0. The average molecular weight is 982 g/mol. The maximum Gasteiger partial charge on any atom is 0.373 e. The molecule has 2 atom stereocenters. The maximum atomic E-state index is 12.9. The molecule has 0 unspecified atom stereocenters. The van der Waals surface area contributed by atoms with Crippen LogP contribution >= 0.6 is 92.8 Å². The van der Waals surface area contributed by atoms with Gasteiger partial charge in [0, 0.05) is 23.5 Å². The average Bonchev–Trinajstić information content (AvgIpc) is 4.00. The number of nitrogens with zero attached hydrogens (tertiary/aromatic N) is 2. The van der Waals surface area contributed by atoms with Gasteiger partial charge in [0.2, 0.25) is 0 Å². The second kappa shape index (κ2) is 21.5. The van der Waals surface area contributed by atoms with E-state index in [1.54, 1.807) is 34.8 Å². The minimum atomic E-state index is -0.433. The van der Waals surface area contributed by atoms with Crippen molar-refractivity contribution in [3.63, 3.8) is 0 Å². The zero-order valence-corrected chi connectivity index (χ0v) is 40.7. The molecule has 61 heavy (non-hydrogen) atoms. The van der Waals surface area contributed by atoms with Crippen LogP contribution in [-0.4, -0.2) is 70.3 Å². The van der Waals surface area contributed by atoms with Gasteiger partial charge in [-0.25, -0.2) is 0 Å². The molecule has 3 aromatic heterocycles. The monoisotopic (exact) mass is 979 g/mol. The van der Waals surface area contributed by atoms with Crippen LogP contribution in [0.15, 0.2) is 78.2 Å². The Kier molecular flexibility index (Phi) is 17.5. The summed E-state index contributed by atoms with van der Waals surface area (Å²) in [7, 11) is 0. The summed E-state index contributed by atoms with van der Waals surface area (Å²) in [6, 6.07) is 23.6. The van der Waals surface area contributed by atoms with E-state index in [1.165, 1.54) is 73.3 Å². The van der Waals surface area contributed by atoms with E-state index in [0.717, 1.165) is 41.0 Å². The van der Waals surface area contributed by atoms with Crippen LogP contribution in [0.1, 0.15) is 79.1 Å². The van der Waals surface area contributed by atoms with Gasteiger partial charge in [0.05, 0.1) is 38.9 Å². The van der Waals surface area contributed by atoms with E-state index in [-0.39, 0.29) is 35.4 Å². The van der Waals surface area contributed by atoms with Gasteiger partial charge in [0.15, 0.2) is 5.78 Å². The maximum absolute atomic E-state index is 12.9. The number of ketones is 1. The van der Waals surface area contributed by atoms with Crippen LogP contribution in [-0.2, 0) is 9.59 Å². The summed E-state index contributed by atoms with van der Waals surface area (Å²) >= 11 is 28.0. The summed E-state index contributed by atoms with van der Waals surface area (Å²) in [5.41, 5.74) is 6.57. The van der Waals surface area contributed by atoms with Crippen LogP contribution in [0.3, 0.4) is 0 Å². The van der Waals surface area contributed by atoms with E-state index in [2.05, 4.69) is 55.0 Å². The van der Waals surface area contributed by atoms with Gasteiger partial charge in [-0.2, -0.15) is 9.59 Å². The number of carbonyl (C=O) groups is 2. The Morgan fingerprint density at radius 2 is 1.13 bits per heavy atom. The van der Waals surface area contributed by atoms with Crippen LogP contribution in [0.4, 0.5) is 0 Å². The predicted molar refractivity (Wildman–Crippen MR) is 260 cm³/mol. The number of carbonyl (C=O) groups excluding carboxylic acids is 4. The Balaban J connectivity index is 0.000000159. The van der Waals surface area contributed by atoms with Gasteiger partial charge in [0.1, 0.15) is 0 Å². The smallest absolute Gasteiger partial charge is 0.326 e. The summed E-state index contributed by atoms with van der Waals surface area (Å²) in [6.07, 6.45) is 6.06. The Hall–Kier alpha value is -2.41. The molecule has 9 heterocycles. The number of fused-ring (bicyclic) bond motifs is 9. The van der Waals surface area contributed by atoms with Gasteiger partial charge in [-0.15, -0.1) is 46.4 Å². The van der Waals surface area contributed by atoms with Crippen molar-refractivity contribution in [2.24, 2.45) is 23.5 Å². The molecule has 2 N–H and O–H groups in total. The first-order chi connectivity index (χ1) is 28.6. The fourth-order valence-electron chi connectivity index (χ4n) is 9.27. The third-order valence-corrected chi connectivity index (χ3v) is 17.8. The van der Waals surface area contributed by atoms with E-state index in [1.807, 2.05) is 48.5 Å². The van der Waals surface area contributed by atoms with E-state index in [0.29, 0.717) is 34.2 Å². The molecule has 0 saturated carbocycles. The van der Waals surface area contributed by atoms with Gasteiger partial charge in [-0.05, 0) is 167 Å². The molecule has 6 aromatic rings. The normalized spacial score (nSPS) is 23.7. The zero-order valence-electron chi connectivity index (χ0n) is 34.4. The second-order valence-corrected chi connectivity index (χ2v) is 21.3. The molecule has 0 spiro atoms. The Bertz CT molecular complexity index is 2470. The summed E-state index contributed by atoms with van der Waals surface area (Å²) in [5.74, 6) is 2.26. The lowest BCUT2D eigenvalue weighted by molar-refractivity contribution is -0.191.